The number of hydrogen-bond acceptors (Lipinski definition) is 4. The van der Waals surface area contributed by atoms with E-state index < -0.39 is 0 Å². The van der Waals surface area contributed by atoms with Crippen molar-refractivity contribution in [3.8, 4) is 0 Å². The van der Waals surface area contributed by atoms with Crippen molar-refractivity contribution in [2.24, 2.45) is 5.92 Å². The molecule has 0 aliphatic carbocycles. The van der Waals surface area contributed by atoms with E-state index in [4.69, 9.17) is 4.74 Å². The maximum absolute atomic E-state index is 11.6. The van der Waals surface area contributed by atoms with Gasteiger partial charge in [-0.1, -0.05) is 0 Å². The van der Waals surface area contributed by atoms with Gasteiger partial charge in [-0.05, 0) is 31.9 Å². The number of carbonyl (C=O) groups excluding carboxylic acids is 1. The van der Waals surface area contributed by atoms with E-state index in [0.717, 1.165) is 25.9 Å². The number of piperidine rings is 1. The van der Waals surface area contributed by atoms with Crippen molar-refractivity contribution in [2.75, 3.05) is 24.6 Å². The molecule has 0 radical (unpaired) electrons. The Hall–Kier alpha value is -1.00. The average molecular weight is 307 g/mol. The van der Waals surface area contributed by atoms with Gasteiger partial charge in [0, 0.05) is 31.2 Å². The first-order chi connectivity index (χ1) is 8.31. The van der Waals surface area contributed by atoms with Crippen molar-refractivity contribution in [2.45, 2.75) is 19.8 Å². The van der Waals surface area contributed by atoms with E-state index in [1.807, 2.05) is 19.1 Å². The van der Waals surface area contributed by atoms with Gasteiger partial charge < -0.3 is 9.64 Å². The average Bonchev–Trinajstić information content (AvgIpc) is 2.40. The predicted octanol–water partition coefficient (Wildman–Crippen LogP) is 2.70. The molecular weight excluding hydrogens is 287 g/mol. The maximum atomic E-state index is 11.6. The maximum Gasteiger partial charge on any atom is 0.309 e. The van der Waals surface area contributed by atoms with E-state index in [0.29, 0.717) is 6.61 Å². The highest BCUT2D eigenvalue weighted by molar-refractivity contribution is 5.85. The Morgan fingerprint density at radius 3 is 2.42 bits per heavy atom. The van der Waals surface area contributed by atoms with Crippen LogP contribution < -0.4 is 4.90 Å². The zero-order valence-electron chi connectivity index (χ0n) is 10.9. The summed E-state index contributed by atoms with van der Waals surface area (Å²) in [4.78, 5) is 17.9. The van der Waals surface area contributed by atoms with Gasteiger partial charge in [0.2, 0.25) is 0 Å². The number of hydrogen-bond donors (Lipinski definition) is 0. The number of ether oxygens (including phenoxy) is 1. The van der Waals surface area contributed by atoms with Gasteiger partial charge in [-0.25, -0.2) is 0 Å². The molecule has 1 aliphatic heterocycles. The minimum absolute atomic E-state index is 0. The molecule has 2 heterocycles. The fourth-order valence-electron chi connectivity index (χ4n) is 2.19. The molecule has 1 aliphatic rings. The Bertz CT molecular complexity index is 368. The lowest BCUT2D eigenvalue weighted by Gasteiger charge is -2.32. The molecule has 6 heteroatoms. The van der Waals surface area contributed by atoms with Gasteiger partial charge in [-0.3, -0.25) is 9.78 Å². The van der Waals surface area contributed by atoms with E-state index in [2.05, 4.69) is 9.88 Å². The van der Waals surface area contributed by atoms with Crippen LogP contribution in [-0.4, -0.2) is 30.6 Å². The molecule has 2 rings (SSSR count). The number of esters is 1. The van der Waals surface area contributed by atoms with Crippen LogP contribution in [0.25, 0.3) is 0 Å². The number of pyridine rings is 1. The van der Waals surface area contributed by atoms with Crippen molar-refractivity contribution in [3.05, 3.63) is 24.5 Å². The molecule has 1 aromatic heterocycles. The van der Waals surface area contributed by atoms with Crippen LogP contribution >= 0.6 is 24.8 Å². The lowest BCUT2D eigenvalue weighted by Crippen LogP contribution is -2.36. The fraction of sp³-hybridized carbons (Fsp3) is 0.538. The molecule has 108 valence electrons. The molecule has 0 spiro atoms. The van der Waals surface area contributed by atoms with Gasteiger partial charge >= 0.3 is 5.97 Å². The van der Waals surface area contributed by atoms with Crippen molar-refractivity contribution in [1.82, 2.24) is 4.98 Å². The molecule has 0 aromatic carbocycles. The summed E-state index contributed by atoms with van der Waals surface area (Å²) < 4.78 is 5.05. The first-order valence-corrected chi connectivity index (χ1v) is 6.13. The zero-order chi connectivity index (χ0) is 12.1. The molecule has 19 heavy (non-hydrogen) atoms. The van der Waals surface area contributed by atoms with Crippen molar-refractivity contribution in [3.63, 3.8) is 0 Å². The number of nitrogens with zero attached hydrogens (tertiary/aromatic N) is 2. The number of carbonyl (C=O) groups is 1. The molecule has 1 saturated heterocycles. The third kappa shape index (κ3) is 4.88. The smallest absolute Gasteiger partial charge is 0.309 e. The molecule has 0 N–H and O–H groups in total. The molecule has 0 unspecified atom stereocenters. The molecule has 0 atom stereocenters. The Morgan fingerprint density at radius 1 is 1.32 bits per heavy atom. The number of halogens is 2. The van der Waals surface area contributed by atoms with Crippen molar-refractivity contribution in [1.29, 1.82) is 0 Å². The summed E-state index contributed by atoms with van der Waals surface area (Å²) >= 11 is 0. The van der Waals surface area contributed by atoms with E-state index in [-0.39, 0.29) is 36.7 Å². The van der Waals surface area contributed by atoms with Crippen LogP contribution in [0.15, 0.2) is 24.5 Å². The van der Waals surface area contributed by atoms with Crippen LogP contribution in [0, 0.1) is 5.92 Å². The summed E-state index contributed by atoms with van der Waals surface area (Å²) in [5, 5.41) is 0. The molecular formula is C13H20Cl2N2O2. The normalized spacial score (nSPS) is 15.1. The first-order valence-electron chi connectivity index (χ1n) is 6.13. The van der Waals surface area contributed by atoms with Crippen LogP contribution in [0.2, 0.25) is 0 Å². The zero-order valence-corrected chi connectivity index (χ0v) is 12.6. The Morgan fingerprint density at radius 2 is 1.89 bits per heavy atom. The minimum Gasteiger partial charge on any atom is -0.466 e. The quantitative estimate of drug-likeness (QED) is 0.805. The van der Waals surface area contributed by atoms with E-state index in [1.165, 1.54) is 5.69 Å². The topological polar surface area (TPSA) is 42.4 Å². The largest absolute Gasteiger partial charge is 0.466 e. The summed E-state index contributed by atoms with van der Waals surface area (Å²) in [6, 6.07) is 4.01. The number of anilines is 1. The monoisotopic (exact) mass is 306 g/mol. The van der Waals surface area contributed by atoms with Crippen molar-refractivity contribution >= 4 is 36.5 Å². The van der Waals surface area contributed by atoms with Crippen LogP contribution in [0.3, 0.4) is 0 Å². The minimum atomic E-state index is -0.0399. The highest BCUT2D eigenvalue weighted by Crippen LogP contribution is 2.23. The molecule has 0 bridgehead atoms. The van der Waals surface area contributed by atoms with E-state index >= 15 is 0 Å². The Labute approximate surface area is 126 Å². The van der Waals surface area contributed by atoms with Crippen LogP contribution in [0.4, 0.5) is 5.69 Å². The van der Waals surface area contributed by atoms with Gasteiger partial charge in [0.1, 0.15) is 0 Å². The van der Waals surface area contributed by atoms with Crippen LogP contribution in [0.5, 0.6) is 0 Å². The number of rotatable bonds is 3. The molecule has 0 saturated carbocycles. The standard InChI is InChI=1S/C13H18N2O2.2ClH/c1-2-17-13(16)11-5-9-15(10-6-11)12-3-7-14-8-4-12;;/h3-4,7-8,11H,2,5-6,9-10H2,1H3;2*1H. The van der Waals surface area contributed by atoms with Crippen LogP contribution in [0.1, 0.15) is 19.8 Å². The second kappa shape index (κ2) is 8.99. The van der Waals surface area contributed by atoms with Crippen LogP contribution in [-0.2, 0) is 9.53 Å². The summed E-state index contributed by atoms with van der Waals surface area (Å²) in [5.41, 5.74) is 1.18. The highest BCUT2D eigenvalue weighted by atomic mass is 35.5. The lowest BCUT2D eigenvalue weighted by molar-refractivity contribution is -0.148. The van der Waals surface area contributed by atoms with Gasteiger partial charge in [0.05, 0.1) is 12.5 Å². The van der Waals surface area contributed by atoms with Gasteiger partial charge in [0.15, 0.2) is 0 Å². The van der Waals surface area contributed by atoms with Gasteiger partial charge in [0.25, 0.3) is 0 Å². The summed E-state index contributed by atoms with van der Waals surface area (Å²) in [7, 11) is 0. The first kappa shape index (κ1) is 18.0. The molecule has 1 fully saturated rings. The second-order valence-electron chi connectivity index (χ2n) is 4.22. The second-order valence-corrected chi connectivity index (χ2v) is 4.22. The SMILES string of the molecule is CCOC(=O)C1CCN(c2ccncc2)CC1.Cl.Cl. The lowest BCUT2D eigenvalue weighted by atomic mass is 9.97. The predicted molar refractivity (Wildman–Crippen MR) is 80.3 cm³/mol. The van der Waals surface area contributed by atoms with Gasteiger partial charge in [-0.15, -0.1) is 24.8 Å². The third-order valence-electron chi connectivity index (χ3n) is 3.14. The summed E-state index contributed by atoms with van der Waals surface area (Å²) in [6.07, 6.45) is 5.35. The van der Waals surface area contributed by atoms with E-state index in [1.54, 1.807) is 12.4 Å². The molecule has 0 amide bonds. The summed E-state index contributed by atoms with van der Waals surface area (Å²) in [6.45, 7) is 4.15. The summed E-state index contributed by atoms with van der Waals surface area (Å²) in [5.74, 6) is 0.0370. The third-order valence-corrected chi connectivity index (χ3v) is 3.14. The molecule has 1 aromatic rings. The Balaban J connectivity index is 0.00000162. The Kier molecular flexibility index (Phi) is 8.52. The fourth-order valence-corrected chi connectivity index (χ4v) is 2.19. The van der Waals surface area contributed by atoms with Gasteiger partial charge in [-0.2, -0.15) is 0 Å². The highest BCUT2D eigenvalue weighted by Gasteiger charge is 2.25. The number of aromatic nitrogens is 1. The molecule has 4 nitrogen and oxygen atoms in total. The van der Waals surface area contributed by atoms with Crippen molar-refractivity contribution < 1.29 is 9.53 Å². The van der Waals surface area contributed by atoms with E-state index in [9.17, 15) is 4.79 Å².